The van der Waals surface area contributed by atoms with Crippen molar-refractivity contribution >= 4 is 33.0 Å². The van der Waals surface area contributed by atoms with Gasteiger partial charge in [0.15, 0.2) is 14.8 Å². The average Bonchev–Trinajstić information content (AvgIpc) is 3.28. The number of amides is 2. The van der Waals surface area contributed by atoms with E-state index in [1.165, 1.54) is 11.3 Å². The highest BCUT2D eigenvalue weighted by atomic mass is 32.2. The molecule has 0 fully saturated rings. The number of urea groups is 1. The summed E-state index contributed by atoms with van der Waals surface area (Å²) in [6, 6.07) is 11.9. The lowest BCUT2D eigenvalue weighted by Gasteiger charge is -2.10. The van der Waals surface area contributed by atoms with Gasteiger partial charge in [-0.3, -0.25) is 5.32 Å². The van der Waals surface area contributed by atoms with Gasteiger partial charge in [0.1, 0.15) is 5.82 Å². The number of nitrogens with one attached hydrogen (secondary N) is 2. The smallest absolute Gasteiger partial charge is 0.320 e. The van der Waals surface area contributed by atoms with Crippen molar-refractivity contribution in [2.24, 2.45) is 0 Å². The number of aromatic nitrogens is 1. The predicted molar refractivity (Wildman–Crippen MR) is 115 cm³/mol. The maximum atomic E-state index is 12.4. The number of hydrogen-bond donors (Lipinski definition) is 3. The first-order chi connectivity index (χ1) is 14.4. The fraction of sp³-hybridized carbons (Fsp3) is 0.143. The molecule has 3 aromatic rings. The van der Waals surface area contributed by atoms with Crippen LogP contribution in [0, 0.1) is 12.3 Å². The van der Waals surface area contributed by atoms with E-state index in [0.717, 1.165) is 11.1 Å². The molecule has 2 heterocycles. The highest BCUT2D eigenvalue weighted by Crippen LogP contribution is 2.40. The van der Waals surface area contributed by atoms with Crippen molar-refractivity contribution in [1.82, 2.24) is 10.3 Å². The largest absolute Gasteiger partial charge is 0.387 e. The van der Waals surface area contributed by atoms with Crippen LogP contribution in [0.4, 0.5) is 10.6 Å². The maximum Gasteiger partial charge on any atom is 0.320 e. The van der Waals surface area contributed by atoms with E-state index in [-0.39, 0.29) is 17.2 Å². The fourth-order valence-electron chi connectivity index (χ4n) is 3.32. The van der Waals surface area contributed by atoms with E-state index in [4.69, 9.17) is 6.42 Å². The average molecular weight is 440 g/mol. The van der Waals surface area contributed by atoms with Crippen LogP contribution in [0.25, 0.3) is 11.1 Å². The first-order valence-electron chi connectivity index (χ1n) is 8.97. The lowest BCUT2D eigenvalue weighted by atomic mass is 10.00. The summed E-state index contributed by atoms with van der Waals surface area (Å²) < 4.78 is 24.9. The Hall–Kier alpha value is -3.19. The molecule has 1 unspecified atom stereocenters. The number of carbonyl (C=O) groups excluding carboxylic acids is 1. The molecule has 4 rings (SSSR count). The van der Waals surface area contributed by atoms with Crippen LogP contribution in [0.3, 0.4) is 0 Å². The van der Waals surface area contributed by atoms with Gasteiger partial charge in [-0.2, -0.15) is 0 Å². The number of benzene rings is 2. The molecule has 2 aromatic carbocycles. The van der Waals surface area contributed by atoms with Crippen LogP contribution in [-0.4, -0.2) is 30.3 Å². The van der Waals surface area contributed by atoms with E-state index < -0.39 is 22.0 Å². The molecule has 1 aliphatic heterocycles. The summed E-state index contributed by atoms with van der Waals surface area (Å²) in [5.74, 6) is 2.50. The molecule has 1 aliphatic rings. The van der Waals surface area contributed by atoms with E-state index in [1.54, 1.807) is 35.7 Å². The first kappa shape index (κ1) is 20.1. The second kappa shape index (κ2) is 7.91. The van der Waals surface area contributed by atoms with Gasteiger partial charge in [0.05, 0.1) is 16.8 Å². The van der Waals surface area contributed by atoms with Crippen LogP contribution in [-0.2, 0) is 16.4 Å². The standard InChI is InChI=1S/C21H17N3O4S2/c1-2-19-23-18(11-29-19)24-21(26)22-10-13-6-8-14(9-7-13)15-4-3-5-16-17(25)12-30(27,28)20(15)16/h1,3-9,11,17,25H,10,12H2,(H2,22,24,26). The molecule has 0 bridgehead atoms. The zero-order chi connectivity index (χ0) is 21.3. The van der Waals surface area contributed by atoms with Gasteiger partial charge in [-0.05, 0) is 17.0 Å². The topological polar surface area (TPSA) is 108 Å². The molecule has 0 radical (unpaired) electrons. The number of aliphatic hydroxyl groups excluding tert-OH is 1. The Morgan fingerprint density at radius 1 is 1.27 bits per heavy atom. The van der Waals surface area contributed by atoms with Gasteiger partial charge < -0.3 is 10.4 Å². The second-order valence-electron chi connectivity index (χ2n) is 6.71. The van der Waals surface area contributed by atoms with Crippen LogP contribution < -0.4 is 10.6 Å². The van der Waals surface area contributed by atoms with E-state index in [1.807, 2.05) is 12.1 Å². The van der Waals surface area contributed by atoms with Crippen molar-refractivity contribution in [3.05, 3.63) is 64.0 Å². The normalized spacial score (nSPS) is 16.5. The summed E-state index contributed by atoms with van der Waals surface area (Å²) >= 11 is 1.27. The van der Waals surface area contributed by atoms with Crippen molar-refractivity contribution in [2.45, 2.75) is 17.5 Å². The molecule has 3 N–H and O–H groups in total. The predicted octanol–water partition coefficient (Wildman–Crippen LogP) is 2.93. The summed E-state index contributed by atoms with van der Waals surface area (Å²) in [4.78, 5) is 16.3. The van der Waals surface area contributed by atoms with Gasteiger partial charge in [0, 0.05) is 23.1 Å². The summed E-state index contributed by atoms with van der Waals surface area (Å²) in [5.41, 5.74) is 2.56. The second-order valence-corrected chi connectivity index (χ2v) is 9.54. The molecule has 0 saturated carbocycles. The van der Waals surface area contributed by atoms with Crippen molar-refractivity contribution in [2.75, 3.05) is 11.1 Å². The lowest BCUT2D eigenvalue weighted by molar-refractivity contribution is 0.204. The minimum absolute atomic E-state index is 0.192. The molecule has 0 spiro atoms. The SMILES string of the molecule is C#Cc1nc(NC(=O)NCc2ccc(-c3cccc4c3S(=O)(=O)CC4O)cc2)cs1. The number of hydrogen-bond acceptors (Lipinski definition) is 6. The van der Waals surface area contributed by atoms with Gasteiger partial charge in [-0.1, -0.05) is 42.5 Å². The molecule has 30 heavy (non-hydrogen) atoms. The lowest BCUT2D eigenvalue weighted by Crippen LogP contribution is -2.28. The molecule has 152 valence electrons. The number of fused-ring (bicyclic) bond motifs is 1. The number of anilines is 1. The number of carbonyl (C=O) groups is 1. The molecule has 2 amide bonds. The van der Waals surface area contributed by atoms with Gasteiger partial charge in [0.25, 0.3) is 0 Å². The Kier molecular flexibility index (Phi) is 5.30. The Balaban J connectivity index is 1.46. The van der Waals surface area contributed by atoms with Crippen LogP contribution in [0.5, 0.6) is 0 Å². The van der Waals surface area contributed by atoms with Gasteiger partial charge in [-0.25, -0.2) is 18.2 Å². The number of aliphatic hydroxyl groups is 1. The van der Waals surface area contributed by atoms with Crippen molar-refractivity contribution in [3.63, 3.8) is 0 Å². The summed E-state index contributed by atoms with van der Waals surface area (Å²) in [6.45, 7) is 0.280. The van der Waals surface area contributed by atoms with Crippen LogP contribution in [0.15, 0.2) is 52.7 Å². The fourth-order valence-corrected chi connectivity index (χ4v) is 5.72. The van der Waals surface area contributed by atoms with Crippen molar-refractivity contribution in [1.29, 1.82) is 0 Å². The van der Waals surface area contributed by atoms with E-state index in [9.17, 15) is 18.3 Å². The Morgan fingerprint density at radius 2 is 2.03 bits per heavy atom. The maximum absolute atomic E-state index is 12.4. The molecule has 0 saturated heterocycles. The number of nitrogens with zero attached hydrogens (tertiary/aromatic N) is 1. The molecule has 1 aromatic heterocycles. The summed E-state index contributed by atoms with van der Waals surface area (Å²) in [7, 11) is -3.53. The quantitative estimate of drug-likeness (QED) is 0.542. The Morgan fingerprint density at radius 3 is 2.73 bits per heavy atom. The zero-order valence-corrected chi connectivity index (χ0v) is 17.3. The highest BCUT2D eigenvalue weighted by Gasteiger charge is 2.35. The van der Waals surface area contributed by atoms with Crippen molar-refractivity contribution in [3.8, 4) is 23.5 Å². The molecule has 1 atom stereocenters. The van der Waals surface area contributed by atoms with E-state index >= 15 is 0 Å². The molecule has 7 nitrogen and oxygen atoms in total. The Labute approximate surface area is 177 Å². The summed E-state index contributed by atoms with van der Waals surface area (Å²) in [6.07, 6.45) is 4.26. The minimum Gasteiger partial charge on any atom is -0.387 e. The first-order valence-corrected chi connectivity index (χ1v) is 11.5. The van der Waals surface area contributed by atoms with E-state index in [2.05, 4.69) is 21.5 Å². The minimum atomic E-state index is -3.53. The van der Waals surface area contributed by atoms with Crippen LogP contribution in [0.2, 0.25) is 0 Å². The van der Waals surface area contributed by atoms with Gasteiger partial charge in [0.2, 0.25) is 0 Å². The Bertz CT molecular complexity index is 1260. The van der Waals surface area contributed by atoms with Gasteiger partial charge >= 0.3 is 6.03 Å². The van der Waals surface area contributed by atoms with Crippen molar-refractivity contribution < 1.29 is 18.3 Å². The number of terminal acetylenes is 1. The number of rotatable bonds is 4. The molecule has 9 heteroatoms. The highest BCUT2D eigenvalue weighted by molar-refractivity contribution is 7.92. The molecule has 0 aliphatic carbocycles. The third-order valence-electron chi connectivity index (χ3n) is 4.68. The third kappa shape index (κ3) is 3.93. The number of thiazole rings is 1. The monoisotopic (exact) mass is 439 g/mol. The van der Waals surface area contributed by atoms with Gasteiger partial charge in [-0.15, -0.1) is 17.8 Å². The molecular formula is C21H17N3O4S2. The van der Waals surface area contributed by atoms with E-state index in [0.29, 0.717) is 22.0 Å². The number of sulfone groups is 1. The zero-order valence-electron chi connectivity index (χ0n) is 15.6. The van der Waals surface area contributed by atoms with Crippen LogP contribution in [0.1, 0.15) is 22.2 Å². The third-order valence-corrected chi connectivity index (χ3v) is 7.29. The molecular weight excluding hydrogens is 422 g/mol. The van der Waals surface area contributed by atoms with Crippen LogP contribution >= 0.6 is 11.3 Å². The summed E-state index contributed by atoms with van der Waals surface area (Å²) in [5, 5.41) is 17.5.